The quantitative estimate of drug-likeness (QED) is 0.907. The molecule has 1 aromatic rings. The molecule has 1 fully saturated rings. The second-order valence-electron chi connectivity index (χ2n) is 5.57. The van der Waals surface area contributed by atoms with E-state index in [1.807, 2.05) is 24.3 Å². The van der Waals surface area contributed by atoms with E-state index in [0.29, 0.717) is 12.0 Å². The highest BCUT2D eigenvalue weighted by Crippen LogP contribution is 2.33. The maximum Gasteiger partial charge on any atom is 0.134 e. The largest absolute Gasteiger partial charge is 0.495 e. The Bertz CT molecular complexity index is 464. The minimum absolute atomic E-state index is 0.176. The number of ether oxygens (including phenoxy) is 1. The van der Waals surface area contributed by atoms with Crippen molar-refractivity contribution in [2.24, 2.45) is 5.92 Å². The van der Waals surface area contributed by atoms with Gasteiger partial charge in [-0.25, -0.2) is 0 Å². The molecule has 4 unspecified atom stereocenters. The molecule has 0 amide bonds. The van der Waals surface area contributed by atoms with Gasteiger partial charge < -0.3 is 10.1 Å². The number of hydrogen-bond donors (Lipinski definition) is 1. The van der Waals surface area contributed by atoms with Crippen LogP contribution in [0, 0.1) is 5.92 Å². The fourth-order valence-corrected chi connectivity index (χ4v) is 4.93. The highest BCUT2D eigenvalue weighted by atomic mass is 32.2. The molecular weight excluding hydrogens is 270 g/mol. The lowest BCUT2D eigenvalue weighted by atomic mass is 9.87. The van der Waals surface area contributed by atoms with Gasteiger partial charge in [0.25, 0.3) is 0 Å². The molecule has 0 heterocycles. The molecule has 2 rings (SSSR count). The molecule has 112 valence electrons. The van der Waals surface area contributed by atoms with E-state index in [1.165, 1.54) is 6.42 Å². The van der Waals surface area contributed by atoms with Gasteiger partial charge in [0.1, 0.15) is 5.75 Å². The van der Waals surface area contributed by atoms with Crippen LogP contribution in [0.4, 0.5) is 0 Å². The Hall–Kier alpha value is -0.870. The Balaban J connectivity index is 2.24. The normalized spacial score (nSPS) is 28.1. The van der Waals surface area contributed by atoms with Crippen LogP contribution in [0.3, 0.4) is 0 Å². The maximum atomic E-state index is 13.0. The first-order valence-electron chi connectivity index (χ1n) is 7.44. The molecule has 0 aliphatic heterocycles. The standard InChI is InChI=1S/C16H25NO2S/c1-4-17-13-10-9-12(2)11-16(13)20(18)15-8-6-5-7-14(15)19-3/h5-8,12-13,16-17H,4,9-11H2,1-3H3. The van der Waals surface area contributed by atoms with E-state index in [1.54, 1.807) is 7.11 Å². The summed E-state index contributed by atoms with van der Waals surface area (Å²) in [6, 6.07) is 8.02. The molecule has 1 aromatic carbocycles. The molecule has 1 N–H and O–H groups in total. The topological polar surface area (TPSA) is 38.3 Å². The summed E-state index contributed by atoms with van der Waals surface area (Å²) < 4.78 is 18.4. The van der Waals surface area contributed by atoms with Crippen molar-refractivity contribution in [2.45, 2.75) is 49.3 Å². The Morgan fingerprint density at radius 2 is 2.10 bits per heavy atom. The van der Waals surface area contributed by atoms with Crippen LogP contribution in [-0.4, -0.2) is 29.2 Å². The van der Waals surface area contributed by atoms with Crippen LogP contribution in [0.2, 0.25) is 0 Å². The average molecular weight is 295 g/mol. The van der Waals surface area contributed by atoms with Gasteiger partial charge in [-0.3, -0.25) is 4.21 Å². The summed E-state index contributed by atoms with van der Waals surface area (Å²) in [5, 5.41) is 3.69. The molecule has 20 heavy (non-hydrogen) atoms. The van der Waals surface area contributed by atoms with Gasteiger partial charge in [-0.05, 0) is 43.9 Å². The Morgan fingerprint density at radius 3 is 2.80 bits per heavy atom. The van der Waals surface area contributed by atoms with E-state index < -0.39 is 10.8 Å². The molecule has 1 aliphatic carbocycles. The van der Waals surface area contributed by atoms with Crippen molar-refractivity contribution in [3.8, 4) is 5.75 Å². The van der Waals surface area contributed by atoms with Crippen molar-refractivity contribution >= 4 is 10.8 Å². The van der Waals surface area contributed by atoms with E-state index in [9.17, 15) is 4.21 Å². The van der Waals surface area contributed by atoms with Gasteiger partial charge in [-0.15, -0.1) is 0 Å². The minimum atomic E-state index is -1.02. The Labute approximate surface area is 124 Å². The zero-order valence-corrected chi connectivity index (χ0v) is 13.4. The summed E-state index contributed by atoms with van der Waals surface area (Å²) >= 11 is 0. The smallest absolute Gasteiger partial charge is 0.134 e. The molecule has 4 heteroatoms. The third-order valence-electron chi connectivity index (χ3n) is 4.08. The number of rotatable bonds is 5. The predicted molar refractivity (Wildman–Crippen MR) is 83.7 cm³/mol. The average Bonchev–Trinajstić information content (AvgIpc) is 2.48. The number of hydrogen-bond acceptors (Lipinski definition) is 3. The van der Waals surface area contributed by atoms with Crippen LogP contribution in [0.1, 0.15) is 33.1 Å². The third-order valence-corrected chi connectivity index (χ3v) is 5.92. The lowest BCUT2D eigenvalue weighted by Gasteiger charge is -2.34. The van der Waals surface area contributed by atoms with E-state index in [0.717, 1.165) is 30.0 Å². The van der Waals surface area contributed by atoms with Crippen molar-refractivity contribution in [2.75, 3.05) is 13.7 Å². The molecular formula is C16H25NO2S. The number of benzene rings is 1. The van der Waals surface area contributed by atoms with Gasteiger partial charge in [-0.1, -0.05) is 26.0 Å². The molecule has 0 spiro atoms. The first kappa shape index (κ1) is 15.5. The van der Waals surface area contributed by atoms with Crippen LogP contribution < -0.4 is 10.1 Å². The van der Waals surface area contributed by atoms with Gasteiger partial charge in [0.2, 0.25) is 0 Å². The highest BCUT2D eigenvalue weighted by Gasteiger charge is 2.33. The Morgan fingerprint density at radius 1 is 1.35 bits per heavy atom. The first-order valence-corrected chi connectivity index (χ1v) is 8.65. The monoisotopic (exact) mass is 295 g/mol. The van der Waals surface area contributed by atoms with E-state index in [-0.39, 0.29) is 5.25 Å². The van der Waals surface area contributed by atoms with Gasteiger partial charge in [0.05, 0.1) is 28.1 Å². The van der Waals surface area contributed by atoms with E-state index in [2.05, 4.69) is 19.2 Å². The Kier molecular flexibility index (Phi) is 5.61. The van der Waals surface area contributed by atoms with Crippen molar-refractivity contribution in [3.63, 3.8) is 0 Å². The predicted octanol–water partition coefficient (Wildman–Crippen LogP) is 2.97. The summed E-state index contributed by atoms with van der Waals surface area (Å²) in [6.07, 6.45) is 3.35. The number of nitrogens with one attached hydrogen (secondary N) is 1. The molecule has 0 radical (unpaired) electrons. The molecule has 0 saturated heterocycles. The van der Waals surface area contributed by atoms with Gasteiger partial charge in [0.15, 0.2) is 0 Å². The zero-order valence-electron chi connectivity index (χ0n) is 12.6. The lowest BCUT2D eigenvalue weighted by Crippen LogP contribution is -2.46. The SMILES string of the molecule is CCNC1CCC(C)CC1S(=O)c1ccccc1OC. The van der Waals surface area contributed by atoms with Crippen LogP contribution in [0.5, 0.6) is 5.75 Å². The molecule has 0 bridgehead atoms. The van der Waals surface area contributed by atoms with Gasteiger partial charge in [0, 0.05) is 6.04 Å². The first-order chi connectivity index (χ1) is 9.67. The number of methoxy groups -OCH3 is 1. The summed E-state index contributed by atoms with van der Waals surface area (Å²) in [7, 11) is 0.619. The van der Waals surface area contributed by atoms with Crippen molar-refractivity contribution in [3.05, 3.63) is 24.3 Å². The van der Waals surface area contributed by atoms with E-state index >= 15 is 0 Å². The zero-order chi connectivity index (χ0) is 14.5. The molecule has 4 atom stereocenters. The molecule has 1 saturated carbocycles. The van der Waals surface area contributed by atoms with E-state index in [4.69, 9.17) is 4.74 Å². The molecule has 1 aliphatic rings. The summed E-state index contributed by atoms with van der Waals surface area (Å²) in [6.45, 7) is 5.30. The van der Waals surface area contributed by atoms with Crippen LogP contribution in [0.25, 0.3) is 0 Å². The lowest BCUT2D eigenvalue weighted by molar-refractivity contribution is 0.316. The third kappa shape index (κ3) is 3.41. The summed E-state index contributed by atoms with van der Waals surface area (Å²) in [5.74, 6) is 1.38. The second kappa shape index (κ2) is 7.23. The summed E-state index contributed by atoms with van der Waals surface area (Å²) in [4.78, 5) is 0.831. The summed E-state index contributed by atoms with van der Waals surface area (Å²) in [5.41, 5.74) is 0. The molecule has 0 aromatic heterocycles. The second-order valence-corrected chi connectivity index (χ2v) is 7.21. The maximum absolute atomic E-state index is 13.0. The highest BCUT2D eigenvalue weighted by molar-refractivity contribution is 7.85. The van der Waals surface area contributed by atoms with Crippen molar-refractivity contribution in [1.82, 2.24) is 5.32 Å². The van der Waals surface area contributed by atoms with Crippen molar-refractivity contribution < 1.29 is 8.95 Å². The fraction of sp³-hybridized carbons (Fsp3) is 0.625. The van der Waals surface area contributed by atoms with Crippen LogP contribution in [0.15, 0.2) is 29.2 Å². The van der Waals surface area contributed by atoms with Crippen molar-refractivity contribution in [1.29, 1.82) is 0 Å². The van der Waals surface area contributed by atoms with Gasteiger partial charge in [-0.2, -0.15) is 0 Å². The number of para-hydroxylation sites is 1. The van der Waals surface area contributed by atoms with Gasteiger partial charge >= 0.3 is 0 Å². The van der Waals surface area contributed by atoms with Crippen LogP contribution >= 0.6 is 0 Å². The molecule has 3 nitrogen and oxygen atoms in total. The van der Waals surface area contributed by atoms with Crippen LogP contribution in [-0.2, 0) is 10.8 Å². The fourth-order valence-electron chi connectivity index (χ4n) is 3.01. The minimum Gasteiger partial charge on any atom is -0.495 e.